The van der Waals surface area contributed by atoms with Crippen molar-refractivity contribution in [1.29, 1.82) is 0 Å². The van der Waals surface area contributed by atoms with Crippen molar-refractivity contribution in [1.82, 2.24) is 15.1 Å². The molecule has 0 bridgehead atoms. The maximum absolute atomic E-state index is 4.70. The molecule has 3 nitrogen and oxygen atoms in total. The number of hydrogen-bond donors (Lipinski definition) is 1. The molecule has 3 heteroatoms. The number of nitrogens with one attached hydrogen (secondary N) is 1. The molecule has 1 aromatic rings. The van der Waals surface area contributed by atoms with E-state index in [4.69, 9.17) is 5.10 Å². The number of hydrogen-bond acceptors (Lipinski definition) is 2. The molecule has 0 radical (unpaired) electrons. The van der Waals surface area contributed by atoms with Gasteiger partial charge >= 0.3 is 0 Å². The Morgan fingerprint density at radius 1 is 1.15 bits per heavy atom. The van der Waals surface area contributed by atoms with Crippen LogP contribution in [0, 0.1) is 11.3 Å². The van der Waals surface area contributed by atoms with Gasteiger partial charge in [-0.05, 0) is 65.0 Å². The number of nitrogens with zero attached hydrogens (tertiary/aromatic N) is 2. The highest BCUT2D eigenvalue weighted by Gasteiger charge is 2.26. The third kappa shape index (κ3) is 5.66. The standard InChI is InChI=1S/C17H33N3/c1-13(2)20-10-9-15(19-20)11-14(16(3,4)5)12-18-17(6,7)8/h9-10,13-14,18H,11-12H2,1-8H3. The molecule has 1 aromatic heterocycles. The van der Waals surface area contributed by atoms with Gasteiger partial charge in [0.15, 0.2) is 0 Å². The predicted octanol–water partition coefficient (Wildman–Crippen LogP) is 4.06. The van der Waals surface area contributed by atoms with E-state index in [1.54, 1.807) is 0 Å². The first kappa shape index (κ1) is 17.2. The zero-order valence-electron chi connectivity index (χ0n) is 14.6. The van der Waals surface area contributed by atoms with Crippen molar-refractivity contribution >= 4 is 0 Å². The molecule has 0 aliphatic rings. The smallest absolute Gasteiger partial charge is 0.0628 e. The van der Waals surface area contributed by atoms with E-state index in [1.807, 2.05) is 4.68 Å². The summed E-state index contributed by atoms with van der Waals surface area (Å²) in [6.45, 7) is 19.0. The average molecular weight is 279 g/mol. The van der Waals surface area contributed by atoms with Gasteiger partial charge in [-0.1, -0.05) is 20.8 Å². The largest absolute Gasteiger partial charge is 0.312 e. The third-order valence-corrected chi connectivity index (χ3v) is 3.75. The first-order valence-corrected chi connectivity index (χ1v) is 7.78. The van der Waals surface area contributed by atoms with Gasteiger partial charge in [0.05, 0.1) is 5.69 Å². The number of rotatable bonds is 5. The molecule has 1 atom stereocenters. The molecule has 0 saturated heterocycles. The number of aromatic nitrogens is 2. The maximum atomic E-state index is 4.70. The van der Waals surface area contributed by atoms with Crippen molar-refractivity contribution in [2.75, 3.05) is 6.54 Å². The van der Waals surface area contributed by atoms with Crippen LogP contribution in [0.25, 0.3) is 0 Å². The summed E-state index contributed by atoms with van der Waals surface area (Å²) in [5.74, 6) is 0.581. The van der Waals surface area contributed by atoms with Crippen molar-refractivity contribution in [2.24, 2.45) is 11.3 Å². The molecular weight excluding hydrogens is 246 g/mol. The molecule has 0 amide bonds. The Morgan fingerprint density at radius 3 is 2.15 bits per heavy atom. The lowest BCUT2D eigenvalue weighted by Crippen LogP contribution is -2.42. The monoisotopic (exact) mass is 279 g/mol. The van der Waals surface area contributed by atoms with E-state index in [0.29, 0.717) is 12.0 Å². The molecule has 0 spiro atoms. The van der Waals surface area contributed by atoms with E-state index in [-0.39, 0.29) is 11.0 Å². The molecule has 0 aliphatic heterocycles. The summed E-state index contributed by atoms with van der Waals surface area (Å²) in [6.07, 6.45) is 3.13. The van der Waals surface area contributed by atoms with Crippen LogP contribution in [0.4, 0.5) is 0 Å². The van der Waals surface area contributed by atoms with Crippen LogP contribution in [0.2, 0.25) is 0 Å². The van der Waals surface area contributed by atoms with E-state index < -0.39 is 0 Å². The van der Waals surface area contributed by atoms with E-state index in [9.17, 15) is 0 Å². The summed E-state index contributed by atoms with van der Waals surface area (Å²) < 4.78 is 2.05. The summed E-state index contributed by atoms with van der Waals surface area (Å²) in [6, 6.07) is 2.60. The van der Waals surface area contributed by atoms with Crippen LogP contribution in [0.1, 0.15) is 67.1 Å². The first-order chi connectivity index (χ1) is 8.99. The van der Waals surface area contributed by atoms with Crippen molar-refractivity contribution in [2.45, 2.75) is 73.4 Å². The van der Waals surface area contributed by atoms with Crippen LogP contribution < -0.4 is 5.32 Å². The van der Waals surface area contributed by atoms with Gasteiger partial charge in [-0.3, -0.25) is 4.68 Å². The predicted molar refractivity (Wildman–Crippen MR) is 87.0 cm³/mol. The lowest BCUT2D eigenvalue weighted by atomic mass is 9.77. The molecule has 0 aromatic carbocycles. The van der Waals surface area contributed by atoms with Crippen molar-refractivity contribution < 1.29 is 0 Å². The first-order valence-electron chi connectivity index (χ1n) is 7.78. The van der Waals surface area contributed by atoms with Gasteiger partial charge in [-0.25, -0.2) is 0 Å². The Hall–Kier alpha value is -0.830. The second-order valence-electron chi connectivity index (χ2n) is 8.28. The summed E-state index contributed by atoms with van der Waals surface area (Å²) in [5.41, 5.74) is 1.65. The van der Waals surface area contributed by atoms with Crippen LogP contribution >= 0.6 is 0 Å². The normalized spacial score (nSPS) is 14.8. The van der Waals surface area contributed by atoms with Crippen LogP contribution in [-0.4, -0.2) is 21.9 Å². The minimum absolute atomic E-state index is 0.167. The van der Waals surface area contributed by atoms with Crippen LogP contribution in [0.5, 0.6) is 0 Å². The summed E-state index contributed by atoms with van der Waals surface area (Å²) in [5, 5.41) is 8.34. The average Bonchev–Trinajstić information content (AvgIpc) is 2.69. The molecule has 116 valence electrons. The van der Waals surface area contributed by atoms with E-state index >= 15 is 0 Å². The fourth-order valence-corrected chi connectivity index (χ4v) is 2.14. The zero-order chi connectivity index (χ0) is 15.6. The Kier molecular flexibility index (Phi) is 5.42. The van der Waals surface area contributed by atoms with Gasteiger partial charge in [0.25, 0.3) is 0 Å². The van der Waals surface area contributed by atoms with Gasteiger partial charge in [-0.2, -0.15) is 5.10 Å². The lowest BCUT2D eigenvalue weighted by molar-refractivity contribution is 0.212. The molecule has 1 heterocycles. The molecule has 1 unspecified atom stereocenters. The summed E-state index contributed by atoms with van der Waals surface area (Å²) in [4.78, 5) is 0. The van der Waals surface area contributed by atoms with Gasteiger partial charge in [0.2, 0.25) is 0 Å². The van der Waals surface area contributed by atoms with E-state index in [0.717, 1.165) is 13.0 Å². The topological polar surface area (TPSA) is 29.9 Å². The highest BCUT2D eigenvalue weighted by molar-refractivity contribution is 5.02. The van der Waals surface area contributed by atoms with Crippen molar-refractivity contribution in [3.05, 3.63) is 18.0 Å². The van der Waals surface area contributed by atoms with Crippen molar-refractivity contribution in [3.8, 4) is 0 Å². The fraction of sp³-hybridized carbons (Fsp3) is 0.824. The van der Waals surface area contributed by atoms with Crippen LogP contribution in [0.15, 0.2) is 12.3 Å². The van der Waals surface area contributed by atoms with E-state index in [1.165, 1.54) is 5.69 Å². The Labute approximate surface area is 125 Å². The van der Waals surface area contributed by atoms with E-state index in [2.05, 4.69) is 73.0 Å². The maximum Gasteiger partial charge on any atom is 0.0628 e. The quantitative estimate of drug-likeness (QED) is 0.881. The second-order valence-corrected chi connectivity index (χ2v) is 8.28. The van der Waals surface area contributed by atoms with Gasteiger partial charge in [-0.15, -0.1) is 0 Å². The van der Waals surface area contributed by atoms with Gasteiger partial charge < -0.3 is 5.32 Å². The summed E-state index contributed by atoms with van der Waals surface area (Å²) >= 11 is 0. The molecule has 0 saturated carbocycles. The highest BCUT2D eigenvalue weighted by Crippen LogP contribution is 2.28. The molecule has 20 heavy (non-hydrogen) atoms. The third-order valence-electron chi connectivity index (χ3n) is 3.75. The van der Waals surface area contributed by atoms with Crippen molar-refractivity contribution in [3.63, 3.8) is 0 Å². The molecule has 0 aliphatic carbocycles. The van der Waals surface area contributed by atoms with Crippen LogP contribution in [-0.2, 0) is 6.42 Å². The SMILES string of the molecule is CC(C)n1ccc(CC(CNC(C)(C)C)C(C)(C)C)n1. The second kappa shape index (κ2) is 6.30. The van der Waals surface area contributed by atoms with Crippen LogP contribution in [0.3, 0.4) is 0 Å². The molecular formula is C17H33N3. The van der Waals surface area contributed by atoms with Gasteiger partial charge in [0, 0.05) is 17.8 Å². The lowest BCUT2D eigenvalue weighted by Gasteiger charge is -2.33. The van der Waals surface area contributed by atoms with Gasteiger partial charge in [0.1, 0.15) is 0 Å². The molecule has 0 fully saturated rings. The Bertz CT molecular complexity index is 405. The molecule has 1 rings (SSSR count). The molecule has 1 N–H and O–H groups in total. The summed E-state index contributed by atoms with van der Waals surface area (Å²) in [7, 11) is 0. The minimum atomic E-state index is 0.167. The zero-order valence-corrected chi connectivity index (χ0v) is 14.6. The highest BCUT2D eigenvalue weighted by atomic mass is 15.3. The minimum Gasteiger partial charge on any atom is -0.312 e. The fourth-order valence-electron chi connectivity index (χ4n) is 2.14. The Morgan fingerprint density at radius 2 is 1.75 bits per heavy atom. The Balaban J connectivity index is 2.74.